The van der Waals surface area contributed by atoms with Crippen LogP contribution in [-0.4, -0.2) is 34.4 Å². The zero-order valence-electron chi connectivity index (χ0n) is 14.6. The molecule has 4 rings (SSSR count). The number of aryl methyl sites for hydroxylation is 1. The smallest absolute Gasteiger partial charge is 0.276 e. The van der Waals surface area contributed by atoms with Gasteiger partial charge in [-0.05, 0) is 12.5 Å². The highest BCUT2D eigenvalue weighted by Crippen LogP contribution is 2.29. The number of oxazole rings is 2. The number of ether oxygens (including phenoxy) is 1. The summed E-state index contributed by atoms with van der Waals surface area (Å²) < 4.78 is 16.7. The molecule has 3 aromatic rings. The Morgan fingerprint density at radius 2 is 2.12 bits per heavy atom. The van der Waals surface area contributed by atoms with E-state index in [2.05, 4.69) is 9.97 Å². The second-order valence-electron chi connectivity index (χ2n) is 6.18. The number of hydrogen-bond acceptors (Lipinski definition) is 6. The Balaban J connectivity index is 1.57. The molecule has 1 aliphatic rings. The minimum absolute atomic E-state index is 0.155. The maximum Gasteiger partial charge on any atom is 0.276 e. The van der Waals surface area contributed by atoms with Crippen molar-refractivity contribution in [2.75, 3.05) is 13.7 Å². The molecule has 26 heavy (non-hydrogen) atoms. The number of aromatic nitrogens is 2. The van der Waals surface area contributed by atoms with Gasteiger partial charge in [0.25, 0.3) is 5.91 Å². The molecule has 1 aromatic carbocycles. The van der Waals surface area contributed by atoms with Gasteiger partial charge in [-0.25, -0.2) is 9.97 Å². The minimum atomic E-state index is -0.372. The monoisotopic (exact) mass is 353 g/mol. The summed E-state index contributed by atoms with van der Waals surface area (Å²) in [4.78, 5) is 23.0. The van der Waals surface area contributed by atoms with Crippen molar-refractivity contribution in [2.45, 2.75) is 26.0 Å². The summed E-state index contributed by atoms with van der Waals surface area (Å²) in [7, 11) is 1.63. The van der Waals surface area contributed by atoms with E-state index in [1.54, 1.807) is 18.9 Å². The Bertz CT molecular complexity index is 916. The van der Waals surface area contributed by atoms with Gasteiger partial charge in [-0.2, -0.15) is 0 Å². The van der Waals surface area contributed by atoms with Crippen molar-refractivity contribution in [3.8, 4) is 0 Å². The van der Waals surface area contributed by atoms with E-state index in [1.807, 2.05) is 30.3 Å². The highest BCUT2D eigenvalue weighted by molar-refractivity contribution is 5.93. The second-order valence-corrected chi connectivity index (χ2v) is 6.18. The first-order chi connectivity index (χ1) is 12.7. The predicted octanol–water partition coefficient (Wildman–Crippen LogP) is 2.91. The van der Waals surface area contributed by atoms with E-state index in [1.165, 1.54) is 6.39 Å². The number of benzene rings is 1. The van der Waals surface area contributed by atoms with E-state index in [4.69, 9.17) is 13.6 Å². The molecule has 0 saturated carbocycles. The maximum atomic E-state index is 12.6. The van der Waals surface area contributed by atoms with Gasteiger partial charge >= 0.3 is 0 Å². The Hall–Kier alpha value is -2.93. The standard InChI is InChI=1S/C19H19N3O4/c1-12-16(20-11-25-12)19(23)22-9-8-15-14(10-22)21-18(26-15)17(24-2)13-6-4-3-5-7-13/h3-7,11,17H,8-10H2,1-2H3. The third kappa shape index (κ3) is 2.90. The van der Waals surface area contributed by atoms with Crippen LogP contribution in [0.25, 0.3) is 0 Å². The molecule has 0 radical (unpaired) electrons. The van der Waals surface area contributed by atoms with E-state index < -0.39 is 0 Å². The fourth-order valence-electron chi connectivity index (χ4n) is 3.17. The number of hydrogen-bond donors (Lipinski definition) is 0. The van der Waals surface area contributed by atoms with E-state index in [0.717, 1.165) is 17.0 Å². The molecule has 3 heterocycles. The second kappa shape index (κ2) is 6.76. The molecule has 0 spiro atoms. The van der Waals surface area contributed by atoms with Gasteiger partial charge in [0.2, 0.25) is 5.89 Å². The number of amides is 1. The predicted molar refractivity (Wildman–Crippen MR) is 91.5 cm³/mol. The molecular formula is C19H19N3O4. The average molecular weight is 353 g/mol. The molecule has 0 bridgehead atoms. The van der Waals surface area contributed by atoms with Crippen LogP contribution >= 0.6 is 0 Å². The summed E-state index contributed by atoms with van der Waals surface area (Å²) in [5, 5.41) is 0. The van der Waals surface area contributed by atoms with Crippen LogP contribution in [0.4, 0.5) is 0 Å². The van der Waals surface area contributed by atoms with Crippen molar-refractivity contribution in [1.29, 1.82) is 0 Å². The Morgan fingerprint density at radius 3 is 2.81 bits per heavy atom. The largest absolute Gasteiger partial charge is 0.448 e. The molecule has 1 aliphatic heterocycles. The summed E-state index contributed by atoms with van der Waals surface area (Å²) in [5.41, 5.74) is 2.08. The fourth-order valence-corrected chi connectivity index (χ4v) is 3.17. The van der Waals surface area contributed by atoms with E-state index >= 15 is 0 Å². The van der Waals surface area contributed by atoms with E-state index in [9.17, 15) is 4.79 Å². The molecule has 0 fully saturated rings. The number of fused-ring (bicyclic) bond motifs is 1. The van der Waals surface area contributed by atoms with Gasteiger partial charge in [0.05, 0.1) is 6.54 Å². The summed E-state index contributed by atoms with van der Waals surface area (Å²) in [6.07, 6.45) is 1.52. The topological polar surface area (TPSA) is 81.6 Å². The first-order valence-electron chi connectivity index (χ1n) is 8.43. The molecular weight excluding hydrogens is 334 g/mol. The van der Waals surface area contributed by atoms with Gasteiger partial charge < -0.3 is 18.5 Å². The lowest BCUT2D eigenvalue weighted by atomic mass is 10.1. The van der Waals surface area contributed by atoms with Gasteiger partial charge in [0, 0.05) is 20.1 Å². The third-order valence-corrected chi connectivity index (χ3v) is 4.54. The number of rotatable bonds is 4. The molecule has 1 atom stereocenters. The molecule has 0 N–H and O–H groups in total. The first-order valence-corrected chi connectivity index (χ1v) is 8.43. The van der Waals surface area contributed by atoms with Crippen molar-refractivity contribution in [2.24, 2.45) is 0 Å². The highest BCUT2D eigenvalue weighted by atomic mass is 16.5. The SMILES string of the molecule is COC(c1ccccc1)c1nc2c(o1)CCN(C(=O)c1ncoc1C)C2. The van der Waals surface area contributed by atoms with Gasteiger partial charge in [0.15, 0.2) is 18.2 Å². The van der Waals surface area contributed by atoms with Crippen molar-refractivity contribution >= 4 is 5.91 Å². The molecule has 1 unspecified atom stereocenters. The molecule has 0 saturated heterocycles. The zero-order chi connectivity index (χ0) is 18.1. The Labute approximate surface area is 150 Å². The minimum Gasteiger partial charge on any atom is -0.448 e. The Kier molecular flexibility index (Phi) is 4.30. The van der Waals surface area contributed by atoms with Crippen LogP contribution in [0.5, 0.6) is 0 Å². The number of methoxy groups -OCH3 is 1. The summed E-state index contributed by atoms with van der Waals surface area (Å²) in [5.74, 6) is 1.68. The zero-order valence-corrected chi connectivity index (χ0v) is 14.6. The number of nitrogens with zero attached hydrogens (tertiary/aromatic N) is 3. The molecule has 2 aromatic heterocycles. The molecule has 7 nitrogen and oxygen atoms in total. The first kappa shape index (κ1) is 16.5. The van der Waals surface area contributed by atoms with Crippen LogP contribution in [0.2, 0.25) is 0 Å². The molecule has 0 aliphatic carbocycles. The summed E-state index contributed by atoms with van der Waals surface area (Å²) in [6.45, 7) is 2.66. The number of carbonyl (C=O) groups is 1. The van der Waals surface area contributed by atoms with Gasteiger partial charge in [0.1, 0.15) is 17.2 Å². The van der Waals surface area contributed by atoms with Crippen molar-refractivity contribution in [1.82, 2.24) is 14.9 Å². The molecule has 7 heteroatoms. The lowest BCUT2D eigenvalue weighted by molar-refractivity contribution is 0.0720. The van der Waals surface area contributed by atoms with Gasteiger partial charge in [-0.1, -0.05) is 30.3 Å². The van der Waals surface area contributed by atoms with E-state index in [0.29, 0.717) is 36.9 Å². The number of carbonyl (C=O) groups excluding carboxylic acids is 1. The highest BCUT2D eigenvalue weighted by Gasteiger charge is 2.30. The fraction of sp³-hybridized carbons (Fsp3) is 0.316. The molecule has 1 amide bonds. The maximum absolute atomic E-state index is 12.6. The van der Waals surface area contributed by atoms with Gasteiger partial charge in [-0.3, -0.25) is 4.79 Å². The average Bonchev–Trinajstić information content (AvgIpc) is 3.28. The third-order valence-electron chi connectivity index (χ3n) is 4.54. The normalized spacial score (nSPS) is 14.9. The lowest BCUT2D eigenvalue weighted by Gasteiger charge is -2.24. The van der Waals surface area contributed by atoms with Crippen molar-refractivity contribution in [3.63, 3.8) is 0 Å². The molecule has 134 valence electrons. The summed E-state index contributed by atoms with van der Waals surface area (Å²) >= 11 is 0. The van der Waals surface area contributed by atoms with Crippen molar-refractivity contribution < 1.29 is 18.4 Å². The van der Waals surface area contributed by atoms with Crippen LogP contribution in [0.3, 0.4) is 0 Å². The Morgan fingerprint density at radius 1 is 1.31 bits per heavy atom. The van der Waals surface area contributed by atoms with Gasteiger partial charge in [-0.15, -0.1) is 0 Å². The van der Waals surface area contributed by atoms with Crippen LogP contribution in [0.1, 0.15) is 45.3 Å². The quantitative estimate of drug-likeness (QED) is 0.717. The van der Waals surface area contributed by atoms with E-state index in [-0.39, 0.29) is 12.0 Å². The van der Waals surface area contributed by atoms with Crippen LogP contribution in [-0.2, 0) is 17.7 Å². The van der Waals surface area contributed by atoms with Crippen LogP contribution in [0.15, 0.2) is 45.6 Å². The van der Waals surface area contributed by atoms with Crippen LogP contribution < -0.4 is 0 Å². The van der Waals surface area contributed by atoms with Crippen LogP contribution in [0, 0.1) is 6.92 Å². The van der Waals surface area contributed by atoms with Crippen molar-refractivity contribution in [3.05, 3.63) is 71.1 Å². The summed E-state index contributed by atoms with van der Waals surface area (Å²) in [6, 6.07) is 9.79. The lowest BCUT2D eigenvalue weighted by Crippen LogP contribution is -2.36.